The summed E-state index contributed by atoms with van der Waals surface area (Å²) in [5.41, 5.74) is -0.326. The predicted octanol–water partition coefficient (Wildman–Crippen LogP) is 3.29. The fourth-order valence-electron chi connectivity index (χ4n) is 1.01. The SMILES string of the molecule is O=[N+]([O-])c1cnccc1Cl.O=[N+]([O-])c1cnccc1Cl. The highest BCUT2D eigenvalue weighted by atomic mass is 35.5. The first-order valence-corrected chi connectivity index (χ1v) is 5.67. The third-order valence-electron chi connectivity index (χ3n) is 1.89. The molecule has 0 fully saturated rings. The van der Waals surface area contributed by atoms with Crippen LogP contribution in [0.5, 0.6) is 0 Å². The monoisotopic (exact) mass is 316 g/mol. The van der Waals surface area contributed by atoms with Gasteiger partial charge in [-0.15, -0.1) is 0 Å². The Labute approximate surface area is 122 Å². The van der Waals surface area contributed by atoms with Gasteiger partial charge in [0.15, 0.2) is 0 Å². The molecule has 2 heterocycles. The van der Waals surface area contributed by atoms with Gasteiger partial charge in [-0.1, -0.05) is 23.2 Å². The zero-order valence-electron chi connectivity index (χ0n) is 9.64. The van der Waals surface area contributed by atoms with E-state index in [0.717, 1.165) is 12.4 Å². The number of rotatable bonds is 2. The Hall–Kier alpha value is -2.32. The molecule has 0 aromatic carbocycles. The summed E-state index contributed by atoms with van der Waals surface area (Å²) in [5.74, 6) is 0. The van der Waals surface area contributed by atoms with Crippen molar-refractivity contribution < 1.29 is 9.85 Å². The highest BCUT2D eigenvalue weighted by Crippen LogP contribution is 2.21. The molecule has 20 heavy (non-hydrogen) atoms. The van der Waals surface area contributed by atoms with Gasteiger partial charge in [0.05, 0.1) is 9.85 Å². The van der Waals surface area contributed by atoms with Gasteiger partial charge in [-0.3, -0.25) is 30.2 Å². The van der Waals surface area contributed by atoms with Gasteiger partial charge in [0.25, 0.3) is 0 Å². The second-order valence-corrected chi connectivity index (χ2v) is 3.98. The van der Waals surface area contributed by atoms with E-state index < -0.39 is 9.85 Å². The second-order valence-electron chi connectivity index (χ2n) is 3.17. The van der Waals surface area contributed by atoms with Crippen molar-refractivity contribution in [3.63, 3.8) is 0 Å². The van der Waals surface area contributed by atoms with E-state index in [1.54, 1.807) is 0 Å². The van der Waals surface area contributed by atoms with Crippen molar-refractivity contribution in [3.05, 3.63) is 67.2 Å². The van der Waals surface area contributed by atoms with Crippen LogP contribution in [0.25, 0.3) is 0 Å². The summed E-state index contributed by atoms with van der Waals surface area (Å²) in [6.45, 7) is 0. The molecule has 0 unspecified atom stereocenters. The van der Waals surface area contributed by atoms with E-state index in [4.69, 9.17) is 23.2 Å². The third kappa shape index (κ3) is 4.41. The van der Waals surface area contributed by atoms with E-state index in [0.29, 0.717) is 0 Å². The number of aromatic nitrogens is 2. The van der Waals surface area contributed by atoms with E-state index in [-0.39, 0.29) is 21.4 Å². The molecule has 2 aromatic rings. The third-order valence-corrected chi connectivity index (χ3v) is 2.53. The number of nitrogens with zero attached hydrogens (tertiary/aromatic N) is 4. The maximum absolute atomic E-state index is 10.1. The van der Waals surface area contributed by atoms with Crippen molar-refractivity contribution in [2.45, 2.75) is 0 Å². The lowest BCUT2D eigenvalue weighted by Crippen LogP contribution is -1.88. The van der Waals surface area contributed by atoms with Crippen molar-refractivity contribution in [2.75, 3.05) is 0 Å². The Balaban J connectivity index is 0.000000200. The molecular weight excluding hydrogens is 311 g/mol. The van der Waals surface area contributed by atoms with Crippen molar-refractivity contribution in [1.29, 1.82) is 0 Å². The Kier molecular flexibility index (Phi) is 5.75. The number of nitro groups is 2. The van der Waals surface area contributed by atoms with Crippen LogP contribution in [0.4, 0.5) is 11.4 Å². The van der Waals surface area contributed by atoms with Gasteiger partial charge in [-0.2, -0.15) is 0 Å². The van der Waals surface area contributed by atoms with Gasteiger partial charge >= 0.3 is 11.4 Å². The van der Waals surface area contributed by atoms with Crippen LogP contribution < -0.4 is 0 Å². The number of hydrogen-bond donors (Lipinski definition) is 0. The summed E-state index contributed by atoms with van der Waals surface area (Å²) in [7, 11) is 0. The van der Waals surface area contributed by atoms with Gasteiger partial charge in [-0.25, -0.2) is 0 Å². The van der Waals surface area contributed by atoms with Crippen LogP contribution >= 0.6 is 23.2 Å². The van der Waals surface area contributed by atoms with E-state index in [1.807, 2.05) is 0 Å². The first-order chi connectivity index (χ1) is 9.43. The first kappa shape index (κ1) is 15.7. The first-order valence-electron chi connectivity index (χ1n) is 4.91. The standard InChI is InChI=1S/2C5H3ClN2O2/c2*6-4-1-2-7-3-5(4)8(9)10/h2*1-3H. The van der Waals surface area contributed by atoms with Crippen LogP contribution in [0.1, 0.15) is 0 Å². The van der Waals surface area contributed by atoms with Gasteiger partial charge in [0.2, 0.25) is 0 Å². The van der Waals surface area contributed by atoms with E-state index in [1.165, 1.54) is 24.5 Å². The lowest BCUT2D eigenvalue weighted by molar-refractivity contribution is -0.385. The fourth-order valence-corrected chi connectivity index (χ4v) is 1.36. The average Bonchev–Trinajstić information content (AvgIpc) is 2.40. The lowest BCUT2D eigenvalue weighted by Gasteiger charge is -1.90. The predicted molar refractivity (Wildman–Crippen MR) is 71.8 cm³/mol. The molecule has 0 bridgehead atoms. The van der Waals surface area contributed by atoms with Crippen LogP contribution in [-0.2, 0) is 0 Å². The second kappa shape index (κ2) is 7.31. The Morgan fingerprint density at radius 3 is 1.40 bits per heavy atom. The molecule has 0 amide bonds. The zero-order valence-corrected chi connectivity index (χ0v) is 11.2. The summed E-state index contributed by atoms with van der Waals surface area (Å²) < 4.78 is 0. The molecule has 0 radical (unpaired) electrons. The van der Waals surface area contributed by atoms with Gasteiger partial charge < -0.3 is 0 Å². The van der Waals surface area contributed by atoms with Gasteiger partial charge in [0.1, 0.15) is 22.4 Å². The van der Waals surface area contributed by atoms with Crippen LogP contribution in [0.3, 0.4) is 0 Å². The number of hydrogen-bond acceptors (Lipinski definition) is 6. The quantitative estimate of drug-likeness (QED) is 0.620. The summed E-state index contributed by atoms with van der Waals surface area (Å²) in [6, 6.07) is 2.75. The topological polar surface area (TPSA) is 112 Å². The minimum atomic E-state index is -0.574. The minimum absolute atomic E-state index is 0.111. The molecule has 0 aliphatic heterocycles. The fraction of sp³-hybridized carbons (Fsp3) is 0. The lowest BCUT2D eigenvalue weighted by atomic mass is 10.4. The van der Waals surface area contributed by atoms with E-state index in [9.17, 15) is 20.2 Å². The maximum atomic E-state index is 10.1. The molecule has 2 rings (SSSR count). The Morgan fingerprint density at radius 1 is 0.850 bits per heavy atom. The Bertz CT molecular complexity index is 583. The molecule has 0 saturated heterocycles. The molecule has 10 heteroatoms. The van der Waals surface area contributed by atoms with Crippen molar-refractivity contribution in [3.8, 4) is 0 Å². The van der Waals surface area contributed by atoms with E-state index >= 15 is 0 Å². The summed E-state index contributed by atoms with van der Waals surface area (Å²) >= 11 is 10.9. The average molecular weight is 317 g/mol. The summed E-state index contributed by atoms with van der Waals surface area (Å²) in [4.78, 5) is 26.1. The summed E-state index contributed by atoms with van der Waals surface area (Å²) in [6.07, 6.45) is 5.02. The molecule has 8 nitrogen and oxygen atoms in total. The largest absolute Gasteiger partial charge is 0.305 e. The van der Waals surface area contributed by atoms with Crippen LogP contribution in [-0.4, -0.2) is 19.8 Å². The molecule has 104 valence electrons. The maximum Gasteiger partial charge on any atom is 0.305 e. The molecular formula is C10H6Cl2N4O4. The molecule has 0 N–H and O–H groups in total. The van der Waals surface area contributed by atoms with Gasteiger partial charge in [0, 0.05) is 12.4 Å². The molecule has 2 aromatic heterocycles. The van der Waals surface area contributed by atoms with Crippen molar-refractivity contribution in [2.24, 2.45) is 0 Å². The van der Waals surface area contributed by atoms with Gasteiger partial charge in [-0.05, 0) is 12.1 Å². The van der Waals surface area contributed by atoms with Crippen molar-refractivity contribution >= 4 is 34.6 Å². The number of halogens is 2. The summed E-state index contributed by atoms with van der Waals surface area (Å²) in [5, 5.41) is 20.4. The highest BCUT2D eigenvalue weighted by molar-refractivity contribution is 6.32. The Morgan fingerprint density at radius 2 is 1.20 bits per heavy atom. The van der Waals surface area contributed by atoms with Crippen LogP contribution in [0, 0.1) is 20.2 Å². The number of pyridine rings is 2. The minimum Gasteiger partial charge on any atom is -0.258 e. The molecule has 0 aliphatic carbocycles. The smallest absolute Gasteiger partial charge is 0.258 e. The molecule has 0 aliphatic rings. The normalized spacial score (nSPS) is 9.30. The molecule has 0 saturated carbocycles. The zero-order chi connectivity index (χ0) is 15.1. The van der Waals surface area contributed by atoms with Crippen molar-refractivity contribution in [1.82, 2.24) is 9.97 Å². The molecule has 0 spiro atoms. The van der Waals surface area contributed by atoms with Crippen LogP contribution in [0.2, 0.25) is 10.0 Å². The van der Waals surface area contributed by atoms with Crippen LogP contribution in [0.15, 0.2) is 36.9 Å². The highest BCUT2D eigenvalue weighted by Gasteiger charge is 2.10. The molecule has 0 atom stereocenters. The van der Waals surface area contributed by atoms with E-state index in [2.05, 4.69) is 9.97 Å².